The predicted molar refractivity (Wildman–Crippen MR) is 165 cm³/mol. The first-order valence-corrected chi connectivity index (χ1v) is 16.8. The molecule has 5 atom stereocenters. The van der Waals surface area contributed by atoms with Crippen LogP contribution in [0.15, 0.2) is 54.6 Å². The molecule has 0 bridgehead atoms. The third-order valence-electron chi connectivity index (χ3n) is 10.2. The number of carbonyl (C=O) groups is 3. The maximum absolute atomic E-state index is 14.7. The molecule has 5 aliphatic rings. The maximum atomic E-state index is 14.7. The summed E-state index contributed by atoms with van der Waals surface area (Å²) in [5, 5.41) is 9.23. The van der Waals surface area contributed by atoms with E-state index in [4.69, 9.17) is 0 Å². The number of thioether (sulfide) groups is 1. The summed E-state index contributed by atoms with van der Waals surface area (Å²) in [7, 11) is 0. The Labute approximate surface area is 254 Å². The fourth-order valence-corrected chi connectivity index (χ4v) is 10.4. The largest absolute Gasteiger partial charge is 0.396 e. The van der Waals surface area contributed by atoms with Gasteiger partial charge in [0.1, 0.15) is 6.04 Å². The van der Waals surface area contributed by atoms with Crippen LogP contribution in [0, 0.1) is 11.8 Å². The minimum Gasteiger partial charge on any atom is -0.396 e. The first-order chi connectivity index (χ1) is 20.4. The van der Waals surface area contributed by atoms with E-state index in [2.05, 4.69) is 36.1 Å². The fraction of sp³-hybridized carbons (Fsp3) is 0.618. The highest BCUT2D eigenvalue weighted by molar-refractivity contribution is 8.02. The zero-order chi connectivity index (χ0) is 29.3. The van der Waals surface area contributed by atoms with Crippen LogP contribution in [0.5, 0.6) is 0 Å². The van der Waals surface area contributed by atoms with Gasteiger partial charge in [-0.15, -0.1) is 11.8 Å². The zero-order valence-corrected chi connectivity index (χ0v) is 25.6. The van der Waals surface area contributed by atoms with Crippen LogP contribution in [0.25, 0.3) is 0 Å². The highest BCUT2D eigenvalue weighted by Gasteiger charge is 2.73. The number of hydrogen-bond acceptors (Lipinski definition) is 5. The Morgan fingerprint density at radius 2 is 1.60 bits per heavy atom. The highest BCUT2D eigenvalue weighted by Crippen LogP contribution is 2.65. The molecule has 3 fully saturated rings. The van der Waals surface area contributed by atoms with E-state index in [0.717, 1.165) is 56.9 Å². The minimum atomic E-state index is -0.780. The van der Waals surface area contributed by atoms with Gasteiger partial charge in [0.15, 0.2) is 0 Å². The summed E-state index contributed by atoms with van der Waals surface area (Å²) in [5.41, 5.74) is 1.07. The van der Waals surface area contributed by atoms with Crippen molar-refractivity contribution in [1.29, 1.82) is 0 Å². The number of aliphatic hydroxyl groups excluding tert-OH is 1. The van der Waals surface area contributed by atoms with Gasteiger partial charge < -0.3 is 19.8 Å². The van der Waals surface area contributed by atoms with Crippen molar-refractivity contribution in [3.63, 3.8) is 0 Å². The molecule has 226 valence electrons. The third-order valence-corrected chi connectivity index (χ3v) is 12.0. The molecule has 4 aliphatic heterocycles. The Balaban J connectivity index is 1.36. The lowest BCUT2D eigenvalue weighted by atomic mass is 9.74. The average Bonchev–Trinajstić information content (AvgIpc) is 3.26. The van der Waals surface area contributed by atoms with Gasteiger partial charge in [0.2, 0.25) is 17.7 Å². The van der Waals surface area contributed by atoms with E-state index in [0.29, 0.717) is 26.2 Å². The number of amides is 3. The topological polar surface area (TPSA) is 81.2 Å². The molecule has 42 heavy (non-hydrogen) atoms. The van der Waals surface area contributed by atoms with Crippen LogP contribution >= 0.6 is 11.8 Å². The van der Waals surface area contributed by atoms with Crippen molar-refractivity contribution >= 4 is 29.5 Å². The smallest absolute Gasteiger partial charge is 0.247 e. The SMILES string of the molecule is C[C@@]12C=CCN(Cc3ccccc3)C(=O)[C@@H]1[C@H]1C(=O)N(CCCCCCO)C3C(=O)N(C4CCCCC4)CC=C[C@@]31S2. The number of nitrogens with zero attached hydrogens (tertiary/aromatic N) is 3. The minimum absolute atomic E-state index is 0.00635. The van der Waals surface area contributed by atoms with E-state index in [-0.39, 0.29) is 30.4 Å². The first kappa shape index (κ1) is 29.5. The molecular weight excluding hydrogens is 546 g/mol. The Morgan fingerprint density at radius 3 is 2.36 bits per heavy atom. The van der Waals surface area contributed by atoms with Gasteiger partial charge >= 0.3 is 0 Å². The van der Waals surface area contributed by atoms with E-state index in [1.165, 1.54) is 6.42 Å². The Bertz CT molecular complexity index is 1230. The normalized spacial score (nSPS) is 33.0. The van der Waals surface area contributed by atoms with Crippen molar-refractivity contribution in [2.24, 2.45) is 11.8 Å². The molecule has 0 aromatic heterocycles. The van der Waals surface area contributed by atoms with Gasteiger partial charge in [-0.2, -0.15) is 0 Å². The molecule has 1 saturated carbocycles. The van der Waals surface area contributed by atoms with Gasteiger partial charge in [-0.05, 0) is 38.2 Å². The Morgan fingerprint density at radius 1 is 0.857 bits per heavy atom. The van der Waals surface area contributed by atoms with Crippen molar-refractivity contribution in [2.45, 2.75) is 92.8 Å². The first-order valence-electron chi connectivity index (χ1n) is 16.0. The number of benzene rings is 1. The van der Waals surface area contributed by atoms with Crippen LogP contribution in [-0.2, 0) is 20.9 Å². The van der Waals surface area contributed by atoms with E-state index in [9.17, 15) is 19.5 Å². The third kappa shape index (κ3) is 5.12. The van der Waals surface area contributed by atoms with E-state index < -0.39 is 27.4 Å². The number of hydrogen-bond donors (Lipinski definition) is 1. The number of fused-ring (bicyclic) bond motifs is 2. The molecule has 4 heterocycles. The van der Waals surface area contributed by atoms with Gasteiger partial charge in [-0.1, -0.05) is 86.7 Å². The Hall–Kier alpha value is -2.58. The number of rotatable bonds is 9. The van der Waals surface area contributed by atoms with Crippen LogP contribution in [0.2, 0.25) is 0 Å². The van der Waals surface area contributed by atoms with Crippen molar-refractivity contribution in [3.8, 4) is 0 Å². The number of likely N-dealkylation sites (tertiary alicyclic amines) is 1. The van der Waals surface area contributed by atoms with E-state index >= 15 is 0 Å². The van der Waals surface area contributed by atoms with Crippen LogP contribution < -0.4 is 0 Å². The van der Waals surface area contributed by atoms with Gasteiger partial charge in [-0.25, -0.2) is 0 Å². The molecule has 1 spiro atoms. The lowest BCUT2D eigenvalue weighted by Gasteiger charge is -2.40. The molecular formula is C34H45N3O4S. The standard InChI is InChI=1S/C34H45N3O4S/c1-33-18-12-20-35(24-25-14-6-4-7-15-25)30(39)27(33)28-31(40)37(21-10-2-3-11-23-38)29-32(41)36(26-16-8-5-9-17-26)22-13-19-34(28,29)42-33/h4,6-7,12-15,18-19,26-29,38H,2-3,5,8-11,16-17,20-24H2,1H3/t27-,28-,29?,33+,34-/m0/s1. The molecule has 1 unspecified atom stereocenters. The fourth-order valence-electron chi connectivity index (χ4n) is 8.24. The summed E-state index contributed by atoms with van der Waals surface area (Å²) in [6.45, 7) is 4.35. The second-order valence-corrected chi connectivity index (χ2v) is 14.7. The quantitative estimate of drug-likeness (QED) is 0.337. The molecule has 1 aromatic rings. The van der Waals surface area contributed by atoms with Crippen molar-refractivity contribution in [2.75, 3.05) is 26.2 Å². The van der Waals surface area contributed by atoms with Crippen LogP contribution in [0.1, 0.15) is 70.3 Å². The molecule has 1 N–H and O–H groups in total. The molecule has 8 heteroatoms. The summed E-state index contributed by atoms with van der Waals surface area (Å²) in [6, 6.07) is 9.63. The van der Waals surface area contributed by atoms with Gasteiger partial charge in [0, 0.05) is 43.6 Å². The van der Waals surface area contributed by atoms with Crippen molar-refractivity contribution in [3.05, 3.63) is 60.2 Å². The van der Waals surface area contributed by atoms with Gasteiger partial charge in [-0.3, -0.25) is 14.4 Å². The summed E-state index contributed by atoms with van der Waals surface area (Å²) in [5.74, 6) is -1.11. The lowest BCUT2D eigenvalue weighted by molar-refractivity contribution is -0.145. The number of aliphatic hydroxyl groups is 1. The van der Waals surface area contributed by atoms with E-state index in [1.54, 1.807) is 11.8 Å². The summed E-state index contributed by atoms with van der Waals surface area (Å²) in [6.07, 6.45) is 17.3. The number of carbonyl (C=O) groups excluding carboxylic acids is 3. The molecule has 1 aromatic carbocycles. The average molecular weight is 592 g/mol. The zero-order valence-electron chi connectivity index (χ0n) is 24.8. The second kappa shape index (κ2) is 12.2. The summed E-state index contributed by atoms with van der Waals surface area (Å²) < 4.78 is -1.36. The van der Waals surface area contributed by atoms with Gasteiger partial charge in [0.05, 0.1) is 16.6 Å². The van der Waals surface area contributed by atoms with Crippen molar-refractivity contribution in [1.82, 2.24) is 14.7 Å². The van der Waals surface area contributed by atoms with Gasteiger partial charge in [0.25, 0.3) is 0 Å². The van der Waals surface area contributed by atoms with E-state index in [1.807, 2.05) is 40.1 Å². The number of unbranched alkanes of at least 4 members (excludes halogenated alkanes) is 3. The molecule has 2 saturated heterocycles. The maximum Gasteiger partial charge on any atom is 0.247 e. The molecule has 3 amide bonds. The Kier molecular flexibility index (Phi) is 8.56. The summed E-state index contributed by atoms with van der Waals surface area (Å²) >= 11 is 1.68. The monoisotopic (exact) mass is 591 g/mol. The molecule has 6 rings (SSSR count). The predicted octanol–water partition coefficient (Wildman–Crippen LogP) is 4.56. The summed E-state index contributed by atoms with van der Waals surface area (Å²) in [4.78, 5) is 49.5. The highest BCUT2D eigenvalue weighted by atomic mass is 32.2. The molecule has 1 aliphatic carbocycles. The van der Waals surface area contributed by atoms with Crippen LogP contribution in [0.4, 0.5) is 0 Å². The van der Waals surface area contributed by atoms with Crippen molar-refractivity contribution < 1.29 is 19.5 Å². The molecule has 7 nitrogen and oxygen atoms in total. The van der Waals surface area contributed by atoms with Crippen LogP contribution in [0.3, 0.4) is 0 Å². The second-order valence-electron chi connectivity index (χ2n) is 13.0. The lowest BCUT2D eigenvalue weighted by Crippen LogP contribution is -2.55. The van der Waals surface area contributed by atoms with Crippen LogP contribution in [-0.4, -0.2) is 85.3 Å². The molecule has 0 radical (unpaired) electrons.